The van der Waals surface area contributed by atoms with Gasteiger partial charge in [-0.2, -0.15) is 0 Å². The molecule has 0 spiro atoms. The number of rotatable bonds is 3. The predicted molar refractivity (Wildman–Crippen MR) is 52.5 cm³/mol. The lowest BCUT2D eigenvalue weighted by Gasteiger charge is -1.96. The highest BCUT2D eigenvalue weighted by atomic mass is 32.2. The molecule has 3 N–H and O–H groups in total. The molecule has 1 rings (SSSR count). The predicted octanol–water partition coefficient (Wildman–Crippen LogP) is 3.35. The molecule has 0 amide bonds. The molecule has 0 saturated carbocycles. The van der Waals surface area contributed by atoms with Crippen molar-refractivity contribution in [3.05, 3.63) is 30.3 Å². The van der Waals surface area contributed by atoms with Crippen LogP contribution in [0.15, 0.2) is 35.2 Å². The van der Waals surface area contributed by atoms with Gasteiger partial charge in [-0.1, -0.05) is 25.1 Å². The number of benzene rings is 1. The van der Waals surface area contributed by atoms with E-state index in [2.05, 4.69) is 37.3 Å². The molecule has 0 bridgehead atoms. The Morgan fingerprint density at radius 3 is 2.36 bits per heavy atom. The maximum Gasteiger partial charge on any atom is 0.00719 e. The van der Waals surface area contributed by atoms with Crippen LogP contribution in [0.5, 0.6) is 0 Å². The summed E-state index contributed by atoms with van der Waals surface area (Å²) in [5.74, 6) is 1.23. The van der Waals surface area contributed by atoms with Gasteiger partial charge in [0.15, 0.2) is 0 Å². The summed E-state index contributed by atoms with van der Waals surface area (Å²) >= 11 is 1.92. The number of thioether (sulfide) groups is 1. The van der Waals surface area contributed by atoms with Crippen molar-refractivity contribution in [2.75, 3.05) is 5.75 Å². The summed E-state index contributed by atoms with van der Waals surface area (Å²) in [6, 6.07) is 10.5. The monoisotopic (exact) mass is 169 g/mol. The fraction of sp³-hybridized carbons (Fsp3) is 0.333. The Labute approximate surface area is 72.8 Å². The van der Waals surface area contributed by atoms with Crippen molar-refractivity contribution in [3.8, 4) is 0 Å². The van der Waals surface area contributed by atoms with Crippen molar-refractivity contribution in [1.29, 1.82) is 0 Å². The lowest BCUT2D eigenvalue weighted by Crippen LogP contribution is -1.73. The second kappa shape index (κ2) is 6.25. The first-order chi connectivity index (χ1) is 4.93. The van der Waals surface area contributed by atoms with E-state index in [1.165, 1.54) is 17.1 Å². The van der Waals surface area contributed by atoms with Crippen LogP contribution < -0.4 is 6.15 Å². The summed E-state index contributed by atoms with van der Waals surface area (Å²) in [7, 11) is 0. The molecular weight excluding hydrogens is 154 g/mol. The number of hydrogen-bond donors (Lipinski definition) is 1. The SMILES string of the molecule is CCCSc1ccccc1.N. The first-order valence-electron chi connectivity index (χ1n) is 3.61. The summed E-state index contributed by atoms with van der Waals surface area (Å²) in [6.45, 7) is 2.20. The van der Waals surface area contributed by atoms with Gasteiger partial charge >= 0.3 is 0 Å². The Balaban J connectivity index is 0.000001000. The summed E-state index contributed by atoms with van der Waals surface area (Å²) in [6.07, 6.45) is 1.25. The molecule has 2 heteroatoms. The van der Waals surface area contributed by atoms with Crippen LogP contribution in [0.4, 0.5) is 0 Å². The standard InChI is InChI=1S/C9H12S.H3N/c1-2-8-10-9-6-4-3-5-7-9;/h3-7H,2,8H2,1H3;1H3. The topological polar surface area (TPSA) is 35.0 Å². The van der Waals surface area contributed by atoms with Gasteiger partial charge in [0.2, 0.25) is 0 Å². The van der Waals surface area contributed by atoms with Gasteiger partial charge < -0.3 is 6.15 Å². The van der Waals surface area contributed by atoms with Gasteiger partial charge in [0, 0.05) is 4.90 Å². The minimum Gasteiger partial charge on any atom is -0.344 e. The smallest absolute Gasteiger partial charge is 0.00719 e. The van der Waals surface area contributed by atoms with Crippen LogP contribution in [0.2, 0.25) is 0 Å². The van der Waals surface area contributed by atoms with Crippen molar-refractivity contribution in [3.63, 3.8) is 0 Å². The van der Waals surface area contributed by atoms with E-state index in [4.69, 9.17) is 0 Å². The molecule has 0 aliphatic carbocycles. The van der Waals surface area contributed by atoms with Gasteiger partial charge in [-0.25, -0.2) is 0 Å². The lowest BCUT2D eigenvalue weighted by atomic mass is 10.4. The molecule has 0 heterocycles. The van der Waals surface area contributed by atoms with Crippen LogP contribution in [-0.4, -0.2) is 5.75 Å². The molecule has 1 nitrogen and oxygen atoms in total. The molecule has 0 aliphatic rings. The van der Waals surface area contributed by atoms with E-state index in [0.717, 1.165) is 0 Å². The summed E-state index contributed by atoms with van der Waals surface area (Å²) < 4.78 is 0. The summed E-state index contributed by atoms with van der Waals surface area (Å²) in [5, 5.41) is 0. The molecule has 0 aromatic heterocycles. The van der Waals surface area contributed by atoms with Crippen molar-refractivity contribution in [2.24, 2.45) is 0 Å². The minimum atomic E-state index is 0. The molecule has 1 aromatic rings. The minimum absolute atomic E-state index is 0. The van der Waals surface area contributed by atoms with E-state index in [9.17, 15) is 0 Å². The van der Waals surface area contributed by atoms with Crippen LogP contribution in [-0.2, 0) is 0 Å². The summed E-state index contributed by atoms with van der Waals surface area (Å²) in [4.78, 5) is 1.38. The average molecular weight is 169 g/mol. The van der Waals surface area contributed by atoms with E-state index in [1.54, 1.807) is 0 Å². The zero-order valence-corrected chi connectivity index (χ0v) is 7.73. The maximum absolute atomic E-state index is 2.20. The van der Waals surface area contributed by atoms with Crippen molar-refractivity contribution in [2.45, 2.75) is 18.2 Å². The maximum atomic E-state index is 2.20. The molecule has 1 aromatic carbocycles. The van der Waals surface area contributed by atoms with E-state index in [-0.39, 0.29) is 6.15 Å². The second-order valence-electron chi connectivity index (χ2n) is 2.16. The van der Waals surface area contributed by atoms with Gasteiger partial charge in [-0.3, -0.25) is 0 Å². The van der Waals surface area contributed by atoms with Gasteiger partial charge in [0.05, 0.1) is 0 Å². The van der Waals surface area contributed by atoms with E-state index >= 15 is 0 Å². The first kappa shape index (κ1) is 10.5. The van der Waals surface area contributed by atoms with Crippen LogP contribution in [0.3, 0.4) is 0 Å². The molecule has 62 valence electrons. The first-order valence-corrected chi connectivity index (χ1v) is 4.60. The zero-order chi connectivity index (χ0) is 7.23. The highest BCUT2D eigenvalue weighted by Crippen LogP contribution is 2.16. The Bertz CT molecular complexity index is 174. The van der Waals surface area contributed by atoms with Crippen LogP contribution in [0.1, 0.15) is 13.3 Å². The van der Waals surface area contributed by atoms with Crippen molar-refractivity contribution >= 4 is 11.8 Å². The average Bonchev–Trinajstić information content (AvgIpc) is 2.03. The summed E-state index contributed by atoms with van der Waals surface area (Å²) in [5.41, 5.74) is 0. The molecule has 0 aliphatic heterocycles. The fourth-order valence-corrected chi connectivity index (χ4v) is 1.53. The Morgan fingerprint density at radius 1 is 1.18 bits per heavy atom. The molecule has 0 fully saturated rings. The fourth-order valence-electron chi connectivity index (χ4n) is 0.737. The third kappa shape index (κ3) is 4.06. The normalized spacial score (nSPS) is 8.82. The van der Waals surface area contributed by atoms with Crippen LogP contribution >= 0.6 is 11.8 Å². The Hall–Kier alpha value is -0.470. The van der Waals surface area contributed by atoms with Crippen molar-refractivity contribution in [1.82, 2.24) is 6.15 Å². The van der Waals surface area contributed by atoms with Gasteiger partial charge in [-0.05, 0) is 24.3 Å². The Morgan fingerprint density at radius 2 is 1.82 bits per heavy atom. The zero-order valence-electron chi connectivity index (χ0n) is 6.92. The van der Waals surface area contributed by atoms with Crippen LogP contribution in [0, 0.1) is 0 Å². The van der Waals surface area contributed by atoms with Gasteiger partial charge in [0.25, 0.3) is 0 Å². The second-order valence-corrected chi connectivity index (χ2v) is 3.33. The molecule has 11 heavy (non-hydrogen) atoms. The highest BCUT2D eigenvalue weighted by molar-refractivity contribution is 7.99. The van der Waals surface area contributed by atoms with Gasteiger partial charge in [0.1, 0.15) is 0 Å². The molecule has 0 saturated heterocycles. The van der Waals surface area contributed by atoms with Crippen LogP contribution in [0.25, 0.3) is 0 Å². The largest absolute Gasteiger partial charge is 0.344 e. The highest BCUT2D eigenvalue weighted by Gasteiger charge is 1.87. The van der Waals surface area contributed by atoms with Crippen molar-refractivity contribution < 1.29 is 0 Å². The van der Waals surface area contributed by atoms with Gasteiger partial charge in [-0.15, -0.1) is 11.8 Å². The number of hydrogen-bond acceptors (Lipinski definition) is 2. The third-order valence-corrected chi connectivity index (χ3v) is 2.43. The molecule has 0 atom stereocenters. The molecule has 0 radical (unpaired) electrons. The lowest BCUT2D eigenvalue weighted by molar-refractivity contribution is 1.10. The van der Waals surface area contributed by atoms with E-state index < -0.39 is 0 Å². The van der Waals surface area contributed by atoms with E-state index in [0.29, 0.717) is 0 Å². The third-order valence-electron chi connectivity index (χ3n) is 1.22. The molecular formula is C9H15NS. The quantitative estimate of drug-likeness (QED) is 0.704. The van der Waals surface area contributed by atoms with E-state index in [1.807, 2.05) is 11.8 Å². The molecule has 0 unspecified atom stereocenters. The Kier molecular flexibility index (Phi) is 5.99.